The molecule has 0 aliphatic heterocycles. The van der Waals surface area contributed by atoms with Crippen LogP contribution in [0.2, 0.25) is 0 Å². The Balaban J connectivity index is 1.70. The SMILES string of the molecule is CC(=O)c1ccccc1NC(=O)C(C)OC(=O)c1cccnc1Sc1ccccc1. The van der Waals surface area contributed by atoms with Gasteiger partial charge in [-0.3, -0.25) is 9.59 Å². The molecule has 1 aromatic heterocycles. The van der Waals surface area contributed by atoms with Crippen LogP contribution in [-0.4, -0.2) is 28.7 Å². The van der Waals surface area contributed by atoms with Crippen molar-refractivity contribution in [3.8, 4) is 0 Å². The van der Waals surface area contributed by atoms with Crippen LogP contribution in [0, 0.1) is 0 Å². The van der Waals surface area contributed by atoms with Crippen molar-refractivity contribution < 1.29 is 19.1 Å². The predicted molar refractivity (Wildman–Crippen MR) is 115 cm³/mol. The van der Waals surface area contributed by atoms with Gasteiger partial charge in [0.2, 0.25) is 0 Å². The van der Waals surface area contributed by atoms with Crippen LogP contribution in [-0.2, 0) is 9.53 Å². The van der Waals surface area contributed by atoms with Gasteiger partial charge in [0.05, 0.1) is 11.3 Å². The number of aromatic nitrogens is 1. The first-order chi connectivity index (χ1) is 14.5. The quantitative estimate of drug-likeness (QED) is 0.443. The van der Waals surface area contributed by atoms with Crippen LogP contribution in [0.5, 0.6) is 0 Å². The molecule has 1 amide bonds. The normalized spacial score (nSPS) is 11.4. The monoisotopic (exact) mass is 420 g/mol. The van der Waals surface area contributed by atoms with Crippen molar-refractivity contribution >= 4 is 35.1 Å². The Morgan fingerprint density at radius 1 is 0.933 bits per heavy atom. The molecule has 0 saturated carbocycles. The third kappa shape index (κ3) is 5.33. The van der Waals surface area contributed by atoms with Crippen molar-refractivity contribution in [2.75, 3.05) is 5.32 Å². The molecular formula is C23H20N2O4S. The van der Waals surface area contributed by atoms with Crippen molar-refractivity contribution in [2.45, 2.75) is 29.9 Å². The summed E-state index contributed by atoms with van der Waals surface area (Å²) in [7, 11) is 0. The molecule has 152 valence electrons. The molecule has 1 heterocycles. The van der Waals surface area contributed by atoms with Crippen LogP contribution in [0.15, 0.2) is 82.8 Å². The standard InChI is InChI=1S/C23H20N2O4S/c1-15(26)18-11-6-7-13-20(18)25-21(27)16(2)29-23(28)19-12-8-14-24-22(19)30-17-9-4-3-5-10-17/h3-14,16H,1-2H3,(H,25,27). The number of carbonyl (C=O) groups is 3. The van der Waals surface area contributed by atoms with Crippen LogP contribution < -0.4 is 5.32 Å². The molecule has 0 aliphatic carbocycles. The van der Waals surface area contributed by atoms with Gasteiger partial charge >= 0.3 is 5.97 Å². The van der Waals surface area contributed by atoms with Gasteiger partial charge in [0.25, 0.3) is 5.91 Å². The minimum atomic E-state index is -1.06. The third-order valence-corrected chi connectivity index (χ3v) is 5.19. The lowest BCUT2D eigenvalue weighted by molar-refractivity contribution is -0.123. The van der Waals surface area contributed by atoms with Crippen molar-refractivity contribution in [3.05, 3.63) is 84.1 Å². The van der Waals surface area contributed by atoms with E-state index in [0.29, 0.717) is 16.3 Å². The van der Waals surface area contributed by atoms with E-state index in [-0.39, 0.29) is 11.3 Å². The Morgan fingerprint density at radius 3 is 2.33 bits per heavy atom. The summed E-state index contributed by atoms with van der Waals surface area (Å²) in [5, 5.41) is 3.13. The van der Waals surface area contributed by atoms with Crippen LogP contribution in [0.4, 0.5) is 5.69 Å². The first-order valence-electron chi connectivity index (χ1n) is 9.25. The highest BCUT2D eigenvalue weighted by atomic mass is 32.2. The molecule has 2 aromatic carbocycles. The largest absolute Gasteiger partial charge is 0.449 e. The van der Waals surface area contributed by atoms with Crippen LogP contribution >= 0.6 is 11.8 Å². The van der Waals surface area contributed by atoms with Gasteiger partial charge in [-0.2, -0.15) is 0 Å². The maximum absolute atomic E-state index is 12.7. The summed E-state index contributed by atoms with van der Waals surface area (Å²) in [6.07, 6.45) is 0.531. The van der Waals surface area contributed by atoms with Gasteiger partial charge in [0.15, 0.2) is 11.9 Å². The van der Waals surface area contributed by atoms with Crippen molar-refractivity contribution in [1.82, 2.24) is 4.98 Å². The number of ether oxygens (including phenoxy) is 1. The molecule has 1 unspecified atom stereocenters. The maximum atomic E-state index is 12.7. The number of carbonyl (C=O) groups excluding carboxylic acids is 3. The predicted octanol–water partition coefficient (Wildman–Crippen LogP) is 4.62. The number of hydrogen-bond donors (Lipinski definition) is 1. The molecule has 0 spiro atoms. The number of para-hydroxylation sites is 1. The van der Waals surface area contributed by atoms with E-state index in [4.69, 9.17) is 4.74 Å². The smallest absolute Gasteiger partial charge is 0.341 e. The van der Waals surface area contributed by atoms with Crippen molar-refractivity contribution in [3.63, 3.8) is 0 Å². The Hall–Kier alpha value is -3.45. The number of pyridine rings is 1. The number of benzene rings is 2. The fourth-order valence-electron chi connectivity index (χ4n) is 2.64. The number of nitrogens with zero attached hydrogens (tertiary/aromatic N) is 1. The van der Waals surface area contributed by atoms with E-state index in [9.17, 15) is 14.4 Å². The summed E-state index contributed by atoms with van der Waals surface area (Å²) in [5.74, 6) is -1.35. The molecule has 1 atom stereocenters. The summed E-state index contributed by atoms with van der Waals surface area (Å²) in [4.78, 5) is 42.1. The van der Waals surface area contributed by atoms with Crippen LogP contribution in [0.3, 0.4) is 0 Å². The van der Waals surface area contributed by atoms with E-state index < -0.39 is 18.0 Å². The van der Waals surface area contributed by atoms with E-state index in [1.54, 1.807) is 42.6 Å². The number of nitrogens with one attached hydrogen (secondary N) is 1. The first kappa shape index (κ1) is 21.3. The minimum absolute atomic E-state index is 0.173. The Labute approximate surface area is 178 Å². The van der Waals surface area contributed by atoms with Crippen molar-refractivity contribution in [2.24, 2.45) is 0 Å². The summed E-state index contributed by atoms with van der Waals surface area (Å²) in [5.41, 5.74) is 1.04. The average Bonchev–Trinajstić information content (AvgIpc) is 2.75. The number of amides is 1. The average molecular weight is 420 g/mol. The number of anilines is 1. The Kier molecular flexibility index (Phi) is 6.98. The molecule has 30 heavy (non-hydrogen) atoms. The van der Waals surface area contributed by atoms with Gasteiger partial charge in [0, 0.05) is 16.7 Å². The zero-order chi connectivity index (χ0) is 21.5. The lowest BCUT2D eigenvalue weighted by Crippen LogP contribution is -2.30. The number of rotatable bonds is 7. The van der Waals surface area contributed by atoms with E-state index in [0.717, 1.165) is 4.90 Å². The zero-order valence-electron chi connectivity index (χ0n) is 16.5. The van der Waals surface area contributed by atoms with E-state index in [2.05, 4.69) is 10.3 Å². The van der Waals surface area contributed by atoms with E-state index >= 15 is 0 Å². The molecule has 0 aliphatic rings. The van der Waals surface area contributed by atoms with Gasteiger partial charge in [-0.05, 0) is 50.2 Å². The van der Waals surface area contributed by atoms with Gasteiger partial charge in [-0.1, -0.05) is 42.1 Å². The van der Waals surface area contributed by atoms with Gasteiger partial charge in [-0.25, -0.2) is 9.78 Å². The van der Waals surface area contributed by atoms with Crippen molar-refractivity contribution in [1.29, 1.82) is 0 Å². The Bertz CT molecular complexity index is 1070. The number of Topliss-reactive ketones (excluding diaryl/α,β-unsaturated/α-hetero) is 1. The minimum Gasteiger partial charge on any atom is -0.449 e. The molecule has 0 saturated heterocycles. The molecule has 6 nitrogen and oxygen atoms in total. The lowest BCUT2D eigenvalue weighted by Gasteiger charge is -2.15. The van der Waals surface area contributed by atoms with Gasteiger partial charge in [0.1, 0.15) is 5.03 Å². The summed E-state index contributed by atoms with van der Waals surface area (Å²) >= 11 is 1.34. The second-order valence-corrected chi connectivity index (χ2v) is 7.47. The molecular weight excluding hydrogens is 400 g/mol. The highest BCUT2D eigenvalue weighted by Gasteiger charge is 2.22. The number of hydrogen-bond acceptors (Lipinski definition) is 6. The summed E-state index contributed by atoms with van der Waals surface area (Å²) < 4.78 is 5.36. The van der Waals surface area contributed by atoms with Crippen LogP contribution in [0.25, 0.3) is 0 Å². The van der Waals surface area contributed by atoms with E-state index in [1.807, 2.05) is 30.3 Å². The molecule has 0 fully saturated rings. The molecule has 0 bridgehead atoms. The summed E-state index contributed by atoms with van der Waals surface area (Å²) in [6.45, 7) is 2.90. The number of ketones is 1. The molecule has 3 rings (SSSR count). The zero-order valence-corrected chi connectivity index (χ0v) is 17.3. The van der Waals surface area contributed by atoms with Gasteiger partial charge in [-0.15, -0.1) is 0 Å². The van der Waals surface area contributed by atoms with Crippen LogP contribution in [0.1, 0.15) is 34.6 Å². The third-order valence-electron chi connectivity index (χ3n) is 4.17. The summed E-state index contributed by atoms with van der Waals surface area (Å²) in [6, 6.07) is 19.4. The first-order valence-corrected chi connectivity index (χ1v) is 10.1. The fourth-order valence-corrected chi connectivity index (χ4v) is 3.53. The molecule has 0 radical (unpaired) electrons. The maximum Gasteiger partial charge on any atom is 0.341 e. The molecule has 7 heteroatoms. The molecule has 1 N–H and O–H groups in total. The second kappa shape index (κ2) is 9.84. The highest BCUT2D eigenvalue weighted by Crippen LogP contribution is 2.29. The lowest BCUT2D eigenvalue weighted by atomic mass is 10.1. The van der Waals surface area contributed by atoms with E-state index in [1.165, 1.54) is 25.6 Å². The van der Waals surface area contributed by atoms with Gasteiger partial charge < -0.3 is 10.1 Å². The topological polar surface area (TPSA) is 85.4 Å². The Morgan fingerprint density at radius 2 is 1.60 bits per heavy atom. The molecule has 3 aromatic rings. The number of esters is 1. The fraction of sp³-hybridized carbons (Fsp3) is 0.130. The highest BCUT2D eigenvalue weighted by molar-refractivity contribution is 7.99. The second-order valence-electron chi connectivity index (χ2n) is 6.41.